The van der Waals surface area contributed by atoms with Gasteiger partial charge in [-0.2, -0.15) is 0 Å². The average molecular weight is 206 g/mol. The van der Waals surface area contributed by atoms with Crippen LogP contribution in [0, 0.1) is 0 Å². The third-order valence-corrected chi connectivity index (χ3v) is 2.70. The summed E-state index contributed by atoms with van der Waals surface area (Å²) in [5, 5.41) is 18.2. The minimum atomic E-state index is -1.59. The first-order valence-corrected chi connectivity index (χ1v) is 5.05. The van der Waals surface area contributed by atoms with Crippen LogP contribution in [0.1, 0.15) is 42.1 Å². The molecule has 1 unspecified atom stereocenters. The van der Waals surface area contributed by atoms with Crippen molar-refractivity contribution < 1.29 is 14.8 Å². The van der Waals surface area contributed by atoms with Crippen molar-refractivity contribution >= 4 is 18.9 Å². The van der Waals surface area contributed by atoms with Crippen molar-refractivity contribution in [1.82, 2.24) is 0 Å². The predicted molar refractivity (Wildman–Crippen MR) is 60.4 cm³/mol. The summed E-state index contributed by atoms with van der Waals surface area (Å²) >= 11 is 0. The van der Waals surface area contributed by atoms with Crippen molar-refractivity contribution in [3.63, 3.8) is 0 Å². The molecule has 1 atom stereocenters. The number of carbonyl (C=O) groups is 1. The summed E-state index contributed by atoms with van der Waals surface area (Å²) in [4.78, 5) is 10.7. The Labute approximate surface area is 89.9 Å². The molecule has 1 aromatic rings. The molecule has 0 aromatic heterocycles. The van der Waals surface area contributed by atoms with Crippen LogP contribution in [-0.4, -0.2) is 23.5 Å². The molecule has 0 aliphatic carbocycles. The highest BCUT2D eigenvalue weighted by Crippen LogP contribution is 2.17. The molecule has 0 aliphatic rings. The lowest BCUT2D eigenvalue weighted by atomic mass is 9.75. The highest BCUT2D eigenvalue weighted by Gasteiger charge is 2.17. The van der Waals surface area contributed by atoms with Crippen molar-refractivity contribution in [2.75, 3.05) is 0 Å². The first-order chi connectivity index (χ1) is 7.10. The summed E-state index contributed by atoms with van der Waals surface area (Å²) in [6.45, 7) is 4.12. The third kappa shape index (κ3) is 2.67. The maximum absolute atomic E-state index is 10.7. The van der Waals surface area contributed by atoms with Gasteiger partial charge in [-0.25, -0.2) is 0 Å². The molecule has 0 radical (unpaired) electrons. The highest BCUT2D eigenvalue weighted by atomic mass is 16.4. The summed E-state index contributed by atoms with van der Waals surface area (Å²) in [5.41, 5.74) is 1.63. The van der Waals surface area contributed by atoms with Gasteiger partial charge in [0, 0.05) is 5.56 Å². The number of aldehydes is 1. The standard InChI is InChI=1S/C11H15BO3/c1-3-8(2)9-4-5-10(7-13)11(6-9)12(14)15/h4-8,14-15H,3H2,1-2H3. The van der Waals surface area contributed by atoms with Gasteiger partial charge in [0.25, 0.3) is 0 Å². The topological polar surface area (TPSA) is 57.5 Å². The predicted octanol–water partition coefficient (Wildman–Crippen LogP) is 0.692. The summed E-state index contributed by atoms with van der Waals surface area (Å²) in [7, 11) is -1.59. The first kappa shape index (κ1) is 11.9. The minimum absolute atomic E-state index is 0.280. The molecule has 1 aromatic carbocycles. The Balaban J connectivity index is 3.15. The van der Waals surface area contributed by atoms with Gasteiger partial charge in [0.05, 0.1) is 0 Å². The molecular weight excluding hydrogens is 191 g/mol. The van der Waals surface area contributed by atoms with E-state index < -0.39 is 7.12 Å². The largest absolute Gasteiger partial charge is 0.489 e. The van der Waals surface area contributed by atoms with Crippen LogP contribution >= 0.6 is 0 Å². The van der Waals surface area contributed by atoms with Gasteiger partial charge < -0.3 is 10.0 Å². The fourth-order valence-corrected chi connectivity index (χ4v) is 1.47. The molecule has 4 heteroatoms. The van der Waals surface area contributed by atoms with Crippen LogP contribution in [0.25, 0.3) is 0 Å². The zero-order valence-corrected chi connectivity index (χ0v) is 8.97. The van der Waals surface area contributed by atoms with Gasteiger partial charge in [-0.1, -0.05) is 32.0 Å². The van der Waals surface area contributed by atoms with Crippen molar-refractivity contribution in [3.8, 4) is 0 Å². The fourth-order valence-electron chi connectivity index (χ4n) is 1.47. The summed E-state index contributed by atoms with van der Waals surface area (Å²) in [5.74, 6) is 0.350. The second-order valence-corrected chi connectivity index (χ2v) is 3.69. The molecule has 2 N–H and O–H groups in total. The monoisotopic (exact) mass is 206 g/mol. The van der Waals surface area contributed by atoms with E-state index in [1.165, 1.54) is 0 Å². The van der Waals surface area contributed by atoms with E-state index in [4.69, 9.17) is 10.0 Å². The normalized spacial score (nSPS) is 12.3. The molecular formula is C11H15BO3. The molecule has 3 nitrogen and oxygen atoms in total. The Hall–Kier alpha value is -1.13. The second kappa shape index (κ2) is 5.10. The van der Waals surface area contributed by atoms with Crippen molar-refractivity contribution in [2.45, 2.75) is 26.2 Å². The summed E-state index contributed by atoms with van der Waals surface area (Å²) < 4.78 is 0. The zero-order valence-electron chi connectivity index (χ0n) is 8.97. The van der Waals surface area contributed by atoms with Crippen LogP contribution < -0.4 is 5.46 Å². The lowest BCUT2D eigenvalue weighted by Crippen LogP contribution is -2.33. The summed E-state index contributed by atoms with van der Waals surface area (Å²) in [6, 6.07) is 5.16. The van der Waals surface area contributed by atoms with Crippen molar-refractivity contribution in [1.29, 1.82) is 0 Å². The van der Waals surface area contributed by atoms with E-state index in [0.29, 0.717) is 17.8 Å². The second-order valence-electron chi connectivity index (χ2n) is 3.69. The Morgan fingerprint density at radius 2 is 2.13 bits per heavy atom. The van der Waals surface area contributed by atoms with Crippen LogP contribution in [0.3, 0.4) is 0 Å². The van der Waals surface area contributed by atoms with Crippen LogP contribution in [-0.2, 0) is 0 Å². The maximum Gasteiger partial charge on any atom is 0.489 e. The van der Waals surface area contributed by atoms with E-state index in [-0.39, 0.29) is 5.46 Å². The highest BCUT2D eigenvalue weighted by molar-refractivity contribution is 6.60. The van der Waals surface area contributed by atoms with E-state index in [1.54, 1.807) is 12.1 Å². The van der Waals surface area contributed by atoms with Crippen molar-refractivity contribution in [3.05, 3.63) is 29.3 Å². The fraction of sp³-hybridized carbons (Fsp3) is 0.364. The molecule has 0 spiro atoms. The zero-order chi connectivity index (χ0) is 11.4. The Bertz CT molecular complexity index is 350. The molecule has 0 amide bonds. The molecule has 0 heterocycles. The van der Waals surface area contributed by atoms with Crippen LogP contribution in [0.5, 0.6) is 0 Å². The molecule has 80 valence electrons. The first-order valence-electron chi connectivity index (χ1n) is 5.05. The van der Waals surface area contributed by atoms with E-state index in [0.717, 1.165) is 12.0 Å². The van der Waals surface area contributed by atoms with Gasteiger partial charge in [-0.3, -0.25) is 4.79 Å². The maximum atomic E-state index is 10.7. The Kier molecular flexibility index (Phi) is 4.06. The van der Waals surface area contributed by atoms with Gasteiger partial charge >= 0.3 is 7.12 Å². The van der Waals surface area contributed by atoms with Crippen LogP contribution in [0.4, 0.5) is 0 Å². The Morgan fingerprint density at radius 1 is 1.47 bits per heavy atom. The molecule has 0 aliphatic heterocycles. The third-order valence-electron chi connectivity index (χ3n) is 2.70. The van der Waals surface area contributed by atoms with Crippen LogP contribution in [0.2, 0.25) is 0 Å². The van der Waals surface area contributed by atoms with Gasteiger partial charge in [-0.15, -0.1) is 0 Å². The van der Waals surface area contributed by atoms with E-state index in [9.17, 15) is 4.79 Å². The Morgan fingerprint density at radius 3 is 2.60 bits per heavy atom. The molecule has 15 heavy (non-hydrogen) atoms. The minimum Gasteiger partial charge on any atom is -0.423 e. The van der Waals surface area contributed by atoms with Gasteiger partial charge in [0.1, 0.15) is 6.29 Å². The van der Waals surface area contributed by atoms with E-state index >= 15 is 0 Å². The van der Waals surface area contributed by atoms with Gasteiger partial charge in [0.15, 0.2) is 0 Å². The van der Waals surface area contributed by atoms with Crippen molar-refractivity contribution in [2.24, 2.45) is 0 Å². The molecule has 0 fully saturated rings. The smallest absolute Gasteiger partial charge is 0.423 e. The number of carbonyl (C=O) groups excluding carboxylic acids is 1. The molecule has 0 saturated carbocycles. The number of rotatable bonds is 4. The SMILES string of the molecule is CCC(C)c1ccc(C=O)c(B(O)O)c1. The molecule has 1 rings (SSSR count). The van der Waals surface area contributed by atoms with Gasteiger partial charge in [-0.05, 0) is 23.4 Å². The van der Waals surface area contributed by atoms with E-state index in [1.807, 2.05) is 6.07 Å². The van der Waals surface area contributed by atoms with Crippen LogP contribution in [0.15, 0.2) is 18.2 Å². The lowest BCUT2D eigenvalue weighted by molar-refractivity contribution is 0.112. The number of benzene rings is 1. The lowest BCUT2D eigenvalue weighted by Gasteiger charge is -2.12. The average Bonchev–Trinajstić information content (AvgIpc) is 2.27. The summed E-state index contributed by atoms with van der Waals surface area (Å²) in [6.07, 6.45) is 1.61. The quantitative estimate of drug-likeness (QED) is 0.562. The van der Waals surface area contributed by atoms with Gasteiger partial charge in [0.2, 0.25) is 0 Å². The number of hydrogen-bond acceptors (Lipinski definition) is 3. The molecule has 0 saturated heterocycles. The molecule has 0 bridgehead atoms. The number of hydrogen-bond donors (Lipinski definition) is 2. The van der Waals surface area contributed by atoms with E-state index in [2.05, 4.69) is 13.8 Å².